The maximum atomic E-state index is 11.6. The SMILES string of the molecule is CCCCCCCC(=O)NN=C(C(C)C)C(C)C. The minimum absolute atomic E-state index is 0.0466. The topological polar surface area (TPSA) is 41.5 Å². The van der Waals surface area contributed by atoms with Gasteiger partial charge in [-0.25, -0.2) is 5.43 Å². The van der Waals surface area contributed by atoms with Gasteiger partial charge in [-0.1, -0.05) is 60.3 Å². The molecule has 0 fully saturated rings. The van der Waals surface area contributed by atoms with Crippen molar-refractivity contribution in [1.29, 1.82) is 0 Å². The summed E-state index contributed by atoms with van der Waals surface area (Å²) in [4.78, 5) is 11.6. The van der Waals surface area contributed by atoms with E-state index in [2.05, 4.69) is 45.1 Å². The number of amides is 1. The number of nitrogens with one attached hydrogen (secondary N) is 1. The number of hydrogen-bond acceptors (Lipinski definition) is 2. The van der Waals surface area contributed by atoms with Gasteiger partial charge in [-0.15, -0.1) is 0 Å². The van der Waals surface area contributed by atoms with Crippen LogP contribution >= 0.6 is 0 Å². The molecule has 0 heterocycles. The summed E-state index contributed by atoms with van der Waals surface area (Å²) in [5.41, 5.74) is 3.75. The Morgan fingerprint density at radius 2 is 1.56 bits per heavy atom. The lowest BCUT2D eigenvalue weighted by molar-refractivity contribution is -0.121. The summed E-state index contributed by atoms with van der Waals surface area (Å²) in [5.74, 6) is 0.815. The largest absolute Gasteiger partial charge is 0.273 e. The molecule has 106 valence electrons. The maximum absolute atomic E-state index is 11.6. The number of unbranched alkanes of at least 4 members (excludes halogenated alkanes) is 4. The van der Waals surface area contributed by atoms with Crippen molar-refractivity contribution in [1.82, 2.24) is 5.43 Å². The molecule has 0 aliphatic heterocycles. The minimum atomic E-state index is 0.0466. The molecule has 0 unspecified atom stereocenters. The van der Waals surface area contributed by atoms with Crippen molar-refractivity contribution in [2.45, 2.75) is 73.1 Å². The second kappa shape index (κ2) is 10.1. The summed E-state index contributed by atoms with van der Waals surface area (Å²) in [6, 6.07) is 0. The lowest BCUT2D eigenvalue weighted by atomic mass is 9.98. The lowest BCUT2D eigenvalue weighted by Gasteiger charge is -2.13. The van der Waals surface area contributed by atoms with E-state index in [1.54, 1.807) is 0 Å². The van der Waals surface area contributed by atoms with Gasteiger partial charge in [-0.05, 0) is 18.3 Å². The summed E-state index contributed by atoms with van der Waals surface area (Å²) in [5, 5.41) is 4.25. The number of nitrogens with zero attached hydrogens (tertiary/aromatic N) is 1. The van der Waals surface area contributed by atoms with Crippen molar-refractivity contribution < 1.29 is 4.79 Å². The highest BCUT2D eigenvalue weighted by atomic mass is 16.2. The third-order valence-corrected chi connectivity index (χ3v) is 3.00. The molecular formula is C15H30N2O. The predicted octanol–water partition coefficient (Wildman–Crippen LogP) is 4.13. The average Bonchev–Trinajstić information content (AvgIpc) is 2.28. The van der Waals surface area contributed by atoms with Crippen LogP contribution in [0.15, 0.2) is 5.10 Å². The number of carbonyl (C=O) groups excluding carboxylic acids is 1. The van der Waals surface area contributed by atoms with E-state index in [4.69, 9.17) is 0 Å². The van der Waals surface area contributed by atoms with Gasteiger partial charge in [0.05, 0.1) is 0 Å². The van der Waals surface area contributed by atoms with Crippen molar-refractivity contribution in [3.8, 4) is 0 Å². The number of hydrazone groups is 1. The van der Waals surface area contributed by atoms with Crippen LogP contribution in [0.1, 0.15) is 73.1 Å². The molecule has 0 atom stereocenters. The molecule has 0 aromatic rings. The fraction of sp³-hybridized carbons (Fsp3) is 0.867. The zero-order valence-electron chi connectivity index (χ0n) is 12.8. The van der Waals surface area contributed by atoms with Gasteiger partial charge in [-0.2, -0.15) is 5.10 Å². The molecule has 0 aromatic carbocycles. The van der Waals surface area contributed by atoms with E-state index in [1.165, 1.54) is 19.3 Å². The fourth-order valence-corrected chi connectivity index (χ4v) is 2.00. The first-order chi connectivity index (χ1) is 8.49. The third-order valence-electron chi connectivity index (χ3n) is 3.00. The normalized spacial score (nSPS) is 10.8. The molecule has 0 spiro atoms. The summed E-state index contributed by atoms with van der Waals surface area (Å²) in [6.45, 7) is 10.6. The van der Waals surface area contributed by atoms with Gasteiger partial charge in [-0.3, -0.25) is 4.79 Å². The van der Waals surface area contributed by atoms with Gasteiger partial charge in [0.25, 0.3) is 0 Å². The Morgan fingerprint density at radius 1 is 1.00 bits per heavy atom. The van der Waals surface area contributed by atoms with Gasteiger partial charge in [0.2, 0.25) is 5.91 Å². The number of carbonyl (C=O) groups is 1. The molecule has 0 bridgehead atoms. The number of rotatable bonds is 9. The van der Waals surface area contributed by atoms with Gasteiger partial charge in [0.15, 0.2) is 0 Å². The fourth-order valence-electron chi connectivity index (χ4n) is 2.00. The van der Waals surface area contributed by atoms with Crippen molar-refractivity contribution in [2.24, 2.45) is 16.9 Å². The maximum Gasteiger partial charge on any atom is 0.240 e. The summed E-state index contributed by atoms with van der Waals surface area (Å²) < 4.78 is 0. The summed E-state index contributed by atoms with van der Waals surface area (Å²) in [7, 11) is 0. The molecule has 3 heteroatoms. The van der Waals surface area contributed by atoms with E-state index >= 15 is 0 Å². The molecular weight excluding hydrogens is 224 g/mol. The van der Waals surface area contributed by atoms with E-state index in [-0.39, 0.29) is 5.91 Å². The zero-order valence-corrected chi connectivity index (χ0v) is 12.8. The first-order valence-corrected chi connectivity index (χ1v) is 7.35. The van der Waals surface area contributed by atoms with Crippen LogP contribution in [0.25, 0.3) is 0 Å². The molecule has 0 rings (SSSR count). The molecule has 0 radical (unpaired) electrons. The quantitative estimate of drug-likeness (QED) is 0.375. The highest BCUT2D eigenvalue weighted by molar-refractivity contribution is 5.89. The average molecular weight is 254 g/mol. The molecule has 1 N–H and O–H groups in total. The van der Waals surface area contributed by atoms with Gasteiger partial charge >= 0.3 is 0 Å². The molecule has 18 heavy (non-hydrogen) atoms. The van der Waals surface area contributed by atoms with E-state index in [0.717, 1.165) is 18.6 Å². The third kappa shape index (κ3) is 8.26. The Bertz CT molecular complexity index is 247. The molecule has 1 amide bonds. The van der Waals surface area contributed by atoms with Gasteiger partial charge in [0.1, 0.15) is 0 Å². The molecule has 0 saturated carbocycles. The molecule has 0 aromatic heterocycles. The Kier molecular flexibility index (Phi) is 9.62. The van der Waals surface area contributed by atoms with Crippen LogP contribution in [-0.4, -0.2) is 11.6 Å². The Morgan fingerprint density at radius 3 is 2.06 bits per heavy atom. The van der Waals surface area contributed by atoms with Gasteiger partial charge < -0.3 is 0 Å². The first-order valence-electron chi connectivity index (χ1n) is 7.35. The summed E-state index contributed by atoms with van der Waals surface area (Å²) in [6.07, 6.45) is 6.45. The zero-order chi connectivity index (χ0) is 14.0. The highest BCUT2D eigenvalue weighted by Gasteiger charge is 2.10. The lowest BCUT2D eigenvalue weighted by Crippen LogP contribution is -2.24. The van der Waals surface area contributed by atoms with Crippen LogP contribution < -0.4 is 5.43 Å². The van der Waals surface area contributed by atoms with E-state index < -0.39 is 0 Å². The Hall–Kier alpha value is -0.860. The van der Waals surface area contributed by atoms with E-state index in [0.29, 0.717) is 18.3 Å². The van der Waals surface area contributed by atoms with E-state index in [9.17, 15) is 4.79 Å². The van der Waals surface area contributed by atoms with Crippen LogP contribution in [0.4, 0.5) is 0 Å². The monoisotopic (exact) mass is 254 g/mol. The molecule has 0 saturated heterocycles. The minimum Gasteiger partial charge on any atom is -0.273 e. The van der Waals surface area contributed by atoms with Crippen molar-refractivity contribution in [3.05, 3.63) is 0 Å². The van der Waals surface area contributed by atoms with Crippen molar-refractivity contribution in [2.75, 3.05) is 0 Å². The smallest absolute Gasteiger partial charge is 0.240 e. The molecule has 0 aliphatic rings. The molecule has 0 aliphatic carbocycles. The van der Waals surface area contributed by atoms with Gasteiger partial charge in [0, 0.05) is 12.1 Å². The van der Waals surface area contributed by atoms with Crippen molar-refractivity contribution in [3.63, 3.8) is 0 Å². The van der Waals surface area contributed by atoms with Crippen LogP contribution in [-0.2, 0) is 4.79 Å². The van der Waals surface area contributed by atoms with Crippen LogP contribution in [0.2, 0.25) is 0 Å². The van der Waals surface area contributed by atoms with Crippen LogP contribution in [0.3, 0.4) is 0 Å². The van der Waals surface area contributed by atoms with Crippen molar-refractivity contribution >= 4 is 11.6 Å². The standard InChI is InChI=1S/C15H30N2O/c1-6-7-8-9-10-11-14(18)16-17-15(12(2)3)13(4)5/h12-13H,6-11H2,1-5H3,(H,16,18). The molecule has 3 nitrogen and oxygen atoms in total. The van der Waals surface area contributed by atoms with E-state index in [1.807, 2.05) is 0 Å². The van der Waals surface area contributed by atoms with Crippen LogP contribution in [0.5, 0.6) is 0 Å². The Balaban J connectivity index is 3.90. The number of hydrogen-bond donors (Lipinski definition) is 1. The Labute approximate surface area is 112 Å². The summed E-state index contributed by atoms with van der Waals surface area (Å²) >= 11 is 0. The first kappa shape index (κ1) is 17.1. The highest BCUT2D eigenvalue weighted by Crippen LogP contribution is 2.08. The second-order valence-corrected chi connectivity index (χ2v) is 5.55. The van der Waals surface area contributed by atoms with Crippen LogP contribution in [0, 0.1) is 11.8 Å². The predicted molar refractivity (Wildman–Crippen MR) is 78.6 cm³/mol. The second-order valence-electron chi connectivity index (χ2n) is 5.55.